The Bertz CT molecular complexity index is 692. The number of likely N-dealkylation sites (tertiary alicyclic amines) is 1. The third kappa shape index (κ3) is 2.95. The van der Waals surface area contributed by atoms with Crippen molar-refractivity contribution in [2.75, 3.05) is 19.6 Å². The number of aromatic amines is 1. The van der Waals surface area contributed by atoms with Crippen molar-refractivity contribution in [1.82, 2.24) is 19.5 Å². The lowest BCUT2D eigenvalue weighted by molar-refractivity contribution is 0.190. The van der Waals surface area contributed by atoms with E-state index in [-0.39, 0.29) is 5.56 Å². The molecule has 5 heteroatoms. The van der Waals surface area contributed by atoms with Crippen molar-refractivity contribution in [2.24, 2.45) is 5.92 Å². The van der Waals surface area contributed by atoms with Gasteiger partial charge in [0.2, 0.25) is 0 Å². The molecule has 120 valence electrons. The fourth-order valence-electron chi connectivity index (χ4n) is 3.54. The Balaban J connectivity index is 1.85. The van der Waals surface area contributed by atoms with Crippen LogP contribution in [0.1, 0.15) is 50.8 Å². The van der Waals surface area contributed by atoms with Crippen LogP contribution in [-0.4, -0.2) is 39.1 Å². The Morgan fingerprint density at radius 2 is 2.09 bits per heavy atom. The summed E-state index contributed by atoms with van der Waals surface area (Å²) in [6, 6.07) is 1.74. The molecule has 1 fully saturated rings. The van der Waals surface area contributed by atoms with Crippen LogP contribution in [-0.2, 0) is 6.42 Å². The van der Waals surface area contributed by atoms with E-state index in [0.717, 1.165) is 49.3 Å². The van der Waals surface area contributed by atoms with E-state index in [2.05, 4.69) is 35.8 Å². The minimum absolute atomic E-state index is 0.0117. The molecule has 22 heavy (non-hydrogen) atoms. The average Bonchev–Trinajstić information content (AvgIpc) is 2.89. The van der Waals surface area contributed by atoms with Crippen molar-refractivity contribution < 1.29 is 0 Å². The number of H-pyrrole nitrogens is 1. The number of rotatable bonds is 4. The van der Waals surface area contributed by atoms with Gasteiger partial charge in [0, 0.05) is 24.1 Å². The lowest BCUT2D eigenvalue weighted by Gasteiger charge is -2.33. The molecule has 3 rings (SSSR count). The van der Waals surface area contributed by atoms with Crippen LogP contribution in [0.15, 0.2) is 17.1 Å². The van der Waals surface area contributed by atoms with E-state index in [9.17, 15) is 4.79 Å². The van der Waals surface area contributed by atoms with Gasteiger partial charge < -0.3 is 9.88 Å². The molecule has 0 aliphatic carbocycles. The van der Waals surface area contributed by atoms with Crippen molar-refractivity contribution in [3.8, 4) is 0 Å². The first kappa shape index (κ1) is 15.3. The lowest BCUT2D eigenvalue weighted by atomic mass is 9.92. The summed E-state index contributed by atoms with van der Waals surface area (Å²) in [7, 11) is 0. The first-order valence-electron chi connectivity index (χ1n) is 8.40. The Kier molecular flexibility index (Phi) is 4.34. The molecule has 1 aliphatic heterocycles. The third-order valence-corrected chi connectivity index (χ3v) is 4.62. The zero-order valence-corrected chi connectivity index (χ0v) is 13.8. The second-order valence-electron chi connectivity index (χ2n) is 6.81. The second kappa shape index (κ2) is 6.24. The molecule has 0 amide bonds. The number of nitrogens with one attached hydrogen (secondary N) is 1. The number of aryl methyl sites for hydroxylation is 1. The molecule has 1 aliphatic rings. The zero-order chi connectivity index (χ0) is 15.7. The summed E-state index contributed by atoms with van der Waals surface area (Å²) < 4.78 is 1.95. The van der Waals surface area contributed by atoms with E-state index in [1.54, 1.807) is 6.07 Å². The van der Waals surface area contributed by atoms with Crippen molar-refractivity contribution in [3.05, 3.63) is 33.9 Å². The topological polar surface area (TPSA) is 53.4 Å². The minimum Gasteiger partial charge on any atom is -0.307 e. The van der Waals surface area contributed by atoms with Crippen LogP contribution in [0.2, 0.25) is 0 Å². The van der Waals surface area contributed by atoms with Gasteiger partial charge in [-0.3, -0.25) is 4.79 Å². The molecule has 0 saturated carbocycles. The molecule has 2 aromatic heterocycles. The van der Waals surface area contributed by atoms with E-state index in [1.807, 2.05) is 10.7 Å². The maximum absolute atomic E-state index is 12.0. The summed E-state index contributed by atoms with van der Waals surface area (Å²) in [4.78, 5) is 17.5. The predicted octanol–water partition coefficient (Wildman–Crippen LogP) is 2.42. The van der Waals surface area contributed by atoms with E-state index < -0.39 is 0 Å². The van der Waals surface area contributed by atoms with Crippen LogP contribution in [0.5, 0.6) is 0 Å². The predicted molar refractivity (Wildman–Crippen MR) is 88.4 cm³/mol. The first-order chi connectivity index (χ1) is 10.6. The molecule has 3 heterocycles. The number of piperidine rings is 1. The van der Waals surface area contributed by atoms with Gasteiger partial charge in [-0.25, -0.2) is 4.52 Å². The maximum atomic E-state index is 12.0. The molecule has 0 atom stereocenters. The average molecular weight is 302 g/mol. The van der Waals surface area contributed by atoms with Crippen LogP contribution in [0.25, 0.3) is 5.65 Å². The fraction of sp³-hybridized carbons (Fsp3) is 0.647. The van der Waals surface area contributed by atoms with Crippen LogP contribution < -0.4 is 5.56 Å². The third-order valence-electron chi connectivity index (χ3n) is 4.62. The molecule has 1 saturated heterocycles. The Labute approximate surface area is 131 Å². The monoisotopic (exact) mass is 302 g/mol. The SMILES string of the molecule is CCc1cnn2c(C3CCN(CC(C)C)CC3)cc(=O)[nH]c12. The van der Waals surface area contributed by atoms with Gasteiger partial charge in [0.25, 0.3) is 5.56 Å². The number of hydrogen-bond donors (Lipinski definition) is 1. The van der Waals surface area contributed by atoms with E-state index in [4.69, 9.17) is 0 Å². The van der Waals surface area contributed by atoms with E-state index in [0.29, 0.717) is 11.8 Å². The van der Waals surface area contributed by atoms with Crippen molar-refractivity contribution in [1.29, 1.82) is 0 Å². The second-order valence-corrected chi connectivity index (χ2v) is 6.81. The highest BCUT2D eigenvalue weighted by Gasteiger charge is 2.24. The number of fused-ring (bicyclic) bond motifs is 1. The quantitative estimate of drug-likeness (QED) is 0.943. The van der Waals surface area contributed by atoms with Gasteiger partial charge in [-0.1, -0.05) is 20.8 Å². The molecule has 0 aromatic carbocycles. The molecule has 0 spiro atoms. The fourth-order valence-corrected chi connectivity index (χ4v) is 3.54. The highest BCUT2D eigenvalue weighted by Crippen LogP contribution is 2.28. The summed E-state index contributed by atoms with van der Waals surface area (Å²) in [5.74, 6) is 1.14. The Morgan fingerprint density at radius 1 is 1.36 bits per heavy atom. The summed E-state index contributed by atoms with van der Waals surface area (Å²) in [6.07, 6.45) is 4.97. The number of hydrogen-bond acceptors (Lipinski definition) is 3. The maximum Gasteiger partial charge on any atom is 0.251 e. The molecule has 5 nitrogen and oxygen atoms in total. The van der Waals surface area contributed by atoms with Crippen molar-refractivity contribution >= 4 is 5.65 Å². The van der Waals surface area contributed by atoms with Crippen LogP contribution in [0.3, 0.4) is 0 Å². The molecular formula is C17H26N4O. The summed E-state index contributed by atoms with van der Waals surface area (Å²) in [5, 5.41) is 4.51. The number of aromatic nitrogens is 3. The lowest BCUT2D eigenvalue weighted by Crippen LogP contribution is -2.36. The van der Waals surface area contributed by atoms with Gasteiger partial charge in [0.05, 0.1) is 11.9 Å². The first-order valence-corrected chi connectivity index (χ1v) is 8.40. The van der Waals surface area contributed by atoms with Gasteiger partial charge in [-0.15, -0.1) is 0 Å². The Morgan fingerprint density at radius 3 is 2.73 bits per heavy atom. The highest BCUT2D eigenvalue weighted by molar-refractivity contribution is 5.47. The number of nitrogens with zero attached hydrogens (tertiary/aromatic N) is 3. The zero-order valence-electron chi connectivity index (χ0n) is 13.8. The van der Waals surface area contributed by atoms with E-state index >= 15 is 0 Å². The molecule has 0 bridgehead atoms. The normalized spacial score (nSPS) is 17.6. The highest BCUT2D eigenvalue weighted by atomic mass is 16.1. The van der Waals surface area contributed by atoms with Crippen LogP contribution in [0.4, 0.5) is 0 Å². The summed E-state index contributed by atoms with van der Waals surface area (Å²) >= 11 is 0. The van der Waals surface area contributed by atoms with Crippen LogP contribution >= 0.6 is 0 Å². The standard InChI is InChI=1S/C17H26N4O/c1-4-13-10-18-21-15(9-16(22)19-17(13)21)14-5-7-20(8-6-14)11-12(2)3/h9-10,12,14H,4-8,11H2,1-3H3,(H,19,22). The largest absolute Gasteiger partial charge is 0.307 e. The van der Waals surface area contributed by atoms with E-state index in [1.165, 1.54) is 6.54 Å². The van der Waals surface area contributed by atoms with Crippen LogP contribution in [0, 0.1) is 5.92 Å². The molecule has 0 unspecified atom stereocenters. The van der Waals surface area contributed by atoms with Crippen molar-refractivity contribution in [3.63, 3.8) is 0 Å². The van der Waals surface area contributed by atoms with Gasteiger partial charge >= 0.3 is 0 Å². The minimum atomic E-state index is -0.0117. The summed E-state index contributed by atoms with van der Waals surface area (Å²) in [6.45, 7) is 10.0. The summed E-state index contributed by atoms with van der Waals surface area (Å²) in [5.41, 5.74) is 3.04. The smallest absolute Gasteiger partial charge is 0.251 e. The molecule has 1 N–H and O–H groups in total. The van der Waals surface area contributed by atoms with Gasteiger partial charge in [-0.2, -0.15) is 5.10 Å². The molecular weight excluding hydrogens is 276 g/mol. The van der Waals surface area contributed by atoms with Gasteiger partial charge in [0.1, 0.15) is 5.65 Å². The van der Waals surface area contributed by atoms with Gasteiger partial charge in [-0.05, 0) is 38.3 Å². The van der Waals surface area contributed by atoms with Crippen molar-refractivity contribution in [2.45, 2.75) is 46.0 Å². The molecule has 0 radical (unpaired) electrons. The Hall–Kier alpha value is -1.62. The van der Waals surface area contributed by atoms with Gasteiger partial charge in [0.15, 0.2) is 0 Å². The molecule has 2 aromatic rings.